The van der Waals surface area contributed by atoms with Crippen molar-refractivity contribution >= 4 is 23.2 Å². The zero-order valence-corrected chi connectivity index (χ0v) is 16.7. The van der Waals surface area contributed by atoms with E-state index < -0.39 is 6.10 Å². The number of nitrogens with zero attached hydrogens (tertiary/aromatic N) is 1. The van der Waals surface area contributed by atoms with Crippen molar-refractivity contribution in [3.05, 3.63) is 42.0 Å². The largest absolute Gasteiger partial charge is 0.492 e. The van der Waals surface area contributed by atoms with Gasteiger partial charge in [0, 0.05) is 18.1 Å². The number of hydrogen-bond acceptors (Lipinski definition) is 5. The van der Waals surface area contributed by atoms with Gasteiger partial charge in [0.15, 0.2) is 6.10 Å². The van der Waals surface area contributed by atoms with E-state index in [0.717, 1.165) is 17.7 Å². The highest BCUT2D eigenvalue weighted by Crippen LogP contribution is 2.38. The summed E-state index contributed by atoms with van der Waals surface area (Å²) in [5, 5.41) is 2.87. The van der Waals surface area contributed by atoms with Crippen LogP contribution in [0, 0.1) is 0 Å². The summed E-state index contributed by atoms with van der Waals surface area (Å²) in [4.78, 5) is 26.9. The molecule has 2 unspecified atom stereocenters. The number of fused-ring (bicyclic) bond motifs is 2. The van der Waals surface area contributed by atoms with Crippen LogP contribution in [0.5, 0.6) is 17.2 Å². The number of para-hydroxylation sites is 2. The van der Waals surface area contributed by atoms with Gasteiger partial charge < -0.3 is 19.5 Å². The maximum Gasteiger partial charge on any atom is 0.268 e. The fourth-order valence-corrected chi connectivity index (χ4v) is 3.67. The minimum atomic E-state index is -0.647. The summed E-state index contributed by atoms with van der Waals surface area (Å²) in [5.41, 5.74) is 2.18. The second-order valence-electron chi connectivity index (χ2n) is 7.22. The van der Waals surface area contributed by atoms with E-state index in [1.807, 2.05) is 32.0 Å². The van der Waals surface area contributed by atoms with Gasteiger partial charge in [-0.3, -0.25) is 14.5 Å². The third kappa shape index (κ3) is 3.72. The summed E-state index contributed by atoms with van der Waals surface area (Å²) < 4.78 is 17.1. The van der Waals surface area contributed by atoms with Crippen molar-refractivity contribution in [3.63, 3.8) is 0 Å². The number of hydrogen-bond donors (Lipinski definition) is 1. The summed E-state index contributed by atoms with van der Waals surface area (Å²) in [6.07, 6.45) is 0.251. The average molecular weight is 396 g/mol. The Balaban J connectivity index is 1.56. The highest BCUT2D eigenvalue weighted by molar-refractivity contribution is 6.06. The van der Waals surface area contributed by atoms with Crippen LogP contribution in [0.15, 0.2) is 36.4 Å². The van der Waals surface area contributed by atoms with Gasteiger partial charge in [0.1, 0.15) is 29.9 Å². The highest BCUT2D eigenvalue weighted by atomic mass is 16.5. The van der Waals surface area contributed by atoms with E-state index >= 15 is 0 Å². The van der Waals surface area contributed by atoms with Crippen LogP contribution in [0.2, 0.25) is 0 Å². The molecule has 29 heavy (non-hydrogen) atoms. The lowest BCUT2D eigenvalue weighted by atomic mass is 10.1. The van der Waals surface area contributed by atoms with Crippen LogP contribution in [-0.4, -0.2) is 37.2 Å². The molecule has 0 saturated heterocycles. The van der Waals surface area contributed by atoms with Crippen molar-refractivity contribution in [3.8, 4) is 17.2 Å². The first-order valence-corrected chi connectivity index (χ1v) is 9.79. The molecule has 0 aromatic heterocycles. The predicted molar refractivity (Wildman–Crippen MR) is 109 cm³/mol. The second-order valence-corrected chi connectivity index (χ2v) is 7.22. The Hall–Kier alpha value is -3.22. The first-order chi connectivity index (χ1) is 14.0. The van der Waals surface area contributed by atoms with E-state index in [1.54, 1.807) is 25.1 Å². The molecule has 2 heterocycles. The molecule has 0 saturated carbocycles. The van der Waals surface area contributed by atoms with Crippen LogP contribution in [0.3, 0.4) is 0 Å². The molecule has 4 rings (SSSR count). The normalized spacial score (nSPS) is 19.7. The van der Waals surface area contributed by atoms with Crippen molar-refractivity contribution in [2.24, 2.45) is 0 Å². The number of benzene rings is 2. The smallest absolute Gasteiger partial charge is 0.268 e. The van der Waals surface area contributed by atoms with Crippen LogP contribution in [-0.2, 0) is 16.0 Å². The monoisotopic (exact) mass is 396 g/mol. The molecule has 152 valence electrons. The van der Waals surface area contributed by atoms with Crippen LogP contribution >= 0.6 is 0 Å². The molecule has 0 radical (unpaired) electrons. The Morgan fingerprint density at radius 3 is 2.79 bits per heavy atom. The molecule has 2 amide bonds. The number of carbonyl (C=O) groups excluding carboxylic acids is 2. The summed E-state index contributed by atoms with van der Waals surface area (Å²) in [6, 6.07) is 10.9. The molecule has 0 aliphatic carbocycles. The molecule has 7 heteroatoms. The number of anilines is 2. The van der Waals surface area contributed by atoms with Gasteiger partial charge >= 0.3 is 0 Å². The van der Waals surface area contributed by atoms with E-state index in [4.69, 9.17) is 14.2 Å². The summed E-state index contributed by atoms with van der Waals surface area (Å²) in [7, 11) is 0. The first kappa shape index (κ1) is 19.1. The van der Waals surface area contributed by atoms with Gasteiger partial charge in [-0.2, -0.15) is 0 Å². The van der Waals surface area contributed by atoms with Gasteiger partial charge in [-0.1, -0.05) is 12.1 Å². The highest BCUT2D eigenvalue weighted by Gasteiger charge is 2.32. The lowest BCUT2D eigenvalue weighted by molar-refractivity contribution is -0.127. The van der Waals surface area contributed by atoms with Crippen LogP contribution < -0.4 is 24.4 Å². The minimum absolute atomic E-state index is 0.0920. The summed E-state index contributed by atoms with van der Waals surface area (Å²) >= 11 is 0. The molecule has 2 aromatic carbocycles. The van der Waals surface area contributed by atoms with Crippen molar-refractivity contribution < 1.29 is 23.8 Å². The lowest BCUT2D eigenvalue weighted by Gasteiger charge is -2.32. The number of rotatable bonds is 5. The molecular weight excluding hydrogens is 372 g/mol. The van der Waals surface area contributed by atoms with Crippen LogP contribution in [0.25, 0.3) is 0 Å². The minimum Gasteiger partial charge on any atom is -0.492 e. The second kappa shape index (κ2) is 7.66. The topological polar surface area (TPSA) is 77.1 Å². The summed E-state index contributed by atoms with van der Waals surface area (Å²) in [6.45, 7) is 5.92. The van der Waals surface area contributed by atoms with Gasteiger partial charge in [-0.25, -0.2) is 0 Å². The SMILES string of the molecule is CCOc1cc2c(cc1NC(=O)CN1C(=O)C(C)Oc3ccccc31)OC(C)C2. The molecule has 0 spiro atoms. The van der Waals surface area contributed by atoms with Crippen molar-refractivity contribution in [2.45, 2.75) is 39.4 Å². The van der Waals surface area contributed by atoms with Gasteiger partial charge in [0.05, 0.1) is 18.0 Å². The van der Waals surface area contributed by atoms with E-state index in [2.05, 4.69) is 5.32 Å². The fourth-order valence-electron chi connectivity index (χ4n) is 3.67. The molecular formula is C22H24N2O5. The Morgan fingerprint density at radius 1 is 1.21 bits per heavy atom. The van der Waals surface area contributed by atoms with Gasteiger partial charge in [-0.05, 0) is 39.0 Å². The predicted octanol–water partition coefficient (Wildman–Crippen LogP) is 3.16. The third-order valence-corrected chi connectivity index (χ3v) is 4.95. The maximum absolute atomic E-state index is 12.8. The van der Waals surface area contributed by atoms with Crippen molar-refractivity contribution in [1.29, 1.82) is 0 Å². The molecule has 0 bridgehead atoms. The third-order valence-electron chi connectivity index (χ3n) is 4.95. The molecule has 0 fully saturated rings. The van der Waals surface area contributed by atoms with Gasteiger partial charge in [0.25, 0.3) is 5.91 Å². The maximum atomic E-state index is 12.8. The van der Waals surface area contributed by atoms with E-state index in [1.165, 1.54) is 4.90 Å². The Bertz CT molecular complexity index is 958. The van der Waals surface area contributed by atoms with Crippen molar-refractivity contribution in [1.82, 2.24) is 0 Å². The Morgan fingerprint density at radius 2 is 2.00 bits per heavy atom. The average Bonchev–Trinajstić information content (AvgIpc) is 3.04. The standard InChI is InChI=1S/C22H24N2O5/c1-4-27-20-10-15-9-13(2)28-19(15)11-16(20)23-21(25)12-24-17-7-5-6-8-18(17)29-14(3)22(24)26/h5-8,10-11,13-14H,4,9,12H2,1-3H3,(H,23,25). The van der Waals surface area contributed by atoms with Crippen LogP contribution in [0.4, 0.5) is 11.4 Å². The molecule has 2 aliphatic rings. The zero-order chi connectivity index (χ0) is 20.5. The molecule has 2 aromatic rings. The molecule has 7 nitrogen and oxygen atoms in total. The molecule has 2 aliphatic heterocycles. The number of nitrogens with one attached hydrogen (secondary N) is 1. The van der Waals surface area contributed by atoms with Crippen molar-refractivity contribution in [2.75, 3.05) is 23.4 Å². The fraction of sp³-hybridized carbons (Fsp3) is 0.364. The number of amides is 2. The van der Waals surface area contributed by atoms with E-state index in [9.17, 15) is 9.59 Å². The lowest BCUT2D eigenvalue weighted by Crippen LogP contribution is -2.47. The first-order valence-electron chi connectivity index (χ1n) is 9.79. The Labute approximate surface area is 169 Å². The molecule has 2 atom stereocenters. The molecule has 1 N–H and O–H groups in total. The van der Waals surface area contributed by atoms with E-state index in [0.29, 0.717) is 29.5 Å². The number of carbonyl (C=O) groups is 2. The summed E-state index contributed by atoms with van der Waals surface area (Å²) in [5.74, 6) is 1.35. The Kier molecular flexibility index (Phi) is 5.05. The number of ether oxygens (including phenoxy) is 3. The van der Waals surface area contributed by atoms with Gasteiger partial charge in [-0.15, -0.1) is 0 Å². The quantitative estimate of drug-likeness (QED) is 0.840. The van der Waals surface area contributed by atoms with E-state index in [-0.39, 0.29) is 24.5 Å². The van der Waals surface area contributed by atoms with Gasteiger partial charge in [0.2, 0.25) is 5.91 Å². The van der Waals surface area contributed by atoms with Crippen LogP contribution in [0.1, 0.15) is 26.3 Å². The zero-order valence-electron chi connectivity index (χ0n) is 16.7.